The van der Waals surface area contributed by atoms with E-state index in [1.165, 1.54) is 18.9 Å². The molecule has 1 aromatic rings. The first-order chi connectivity index (χ1) is 10.8. The Hall–Kier alpha value is -1.90. The highest BCUT2D eigenvalue weighted by molar-refractivity contribution is 5.76. The van der Waals surface area contributed by atoms with Crippen LogP contribution in [0.2, 0.25) is 0 Å². The van der Waals surface area contributed by atoms with Gasteiger partial charge in [0.15, 0.2) is 0 Å². The summed E-state index contributed by atoms with van der Waals surface area (Å²) in [5.41, 5.74) is 0. The Morgan fingerprint density at radius 2 is 2.00 bits per heavy atom. The Bertz CT molecular complexity index is 545. The molecular weight excluding hydrogens is 313 g/mol. The van der Waals surface area contributed by atoms with E-state index < -0.39 is 24.4 Å². The van der Waals surface area contributed by atoms with Gasteiger partial charge in [-0.1, -0.05) is 0 Å². The molecular formula is C14H19F3N4O2. The smallest absolute Gasteiger partial charge is 0.404 e. The minimum absolute atomic E-state index is 0.192. The summed E-state index contributed by atoms with van der Waals surface area (Å²) in [6, 6.07) is -0.125. The van der Waals surface area contributed by atoms with Crippen LogP contribution in [0.5, 0.6) is 5.88 Å². The van der Waals surface area contributed by atoms with E-state index in [2.05, 4.69) is 9.97 Å². The van der Waals surface area contributed by atoms with Crippen LogP contribution in [-0.2, 0) is 4.79 Å². The number of aromatic nitrogens is 2. The second-order valence-electron chi connectivity index (χ2n) is 5.39. The summed E-state index contributed by atoms with van der Waals surface area (Å²) in [6.45, 7) is 2.28. The van der Waals surface area contributed by atoms with Crippen LogP contribution in [0.4, 0.5) is 19.1 Å². The minimum Gasteiger partial charge on any atom is -0.481 e. The Kier molecular flexibility index (Phi) is 5.40. The van der Waals surface area contributed by atoms with Crippen LogP contribution in [0, 0.1) is 0 Å². The molecule has 0 saturated carbocycles. The lowest BCUT2D eigenvalue weighted by Crippen LogP contribution is -2.55. The molecule has 0 radical (unpaired) electrons. The van der Waals surface area contributed by atoms with Crippen LogP contribution in [0.15, 0.2) is 12.3 Å². The second kappa shape index (κ2) is 7.12. The molecule has 1 aliphatic heterocycles. The van der Waals surface area contributed by atoms with E-state index in [-0.39, 0.29) is 13.1 Å². The van der Waals surface area contributed by atoms with Crippen molar-refractivity contribution in [2.24, 2.45) is 0 Å². The van der Waals surface area contributed by atoms with Gasteiger partial charge in [-0.2, -0.15) is 18.2 Å². The zero-order chi connectivity index (χ0) is 17.0. The van der Waals surface area contributed by atoms with Gasteiger partial charge in [-0.3, -0.25) is 9.69 Å². The molecule has 128 valence electrons. The summed E-state index contributed by atoms with van der Waals surface area (Å²) in [7, 11) is 1.49. The average Bonchev–Trinajstić information content (AvgIpc) is 2.52. The Morgan fingerprint density at radius 3 is 2.52 bits per heavy atom. The number of ketones is 1. The molecule has 2 rings (SSSR count). The van der Waals surface area contributed by atoms with Gasteiger partial charge in [0.2, 0.25) is 11.8 Å². The molecule has 1 atom stereocenters. The van der Waals surface area contributed by atoms with Gasteiger partial charge in [-0.05, 0) is 6.92 Å². The largest absolute Gasteiger partial charge is 0.481 e. The lowest BCUT2D eigenvalue weighted by atomic mass is 10.1. The fraction of sp³-hybridized carbons (Fsp3) is 0.643. The standard InChI is InChI=1S/C14H19F3N4O2/c1-10(22)9-11(14(15,16)17)20-5-7-21(8-6-20)13-18-4-3-12(19-13)23-2/h3-4,11H,5-9H2,1-2H3. The molecule has 23 heavy (non-hydrogen) atoms. The molecule has 1 fully saturated rings. The number of rotatable bonds is 5. The molecule has 6 nitrogen and oxygen atoms in total. The first-order valence-corrected chi connectivity index (χ1v) is 7.23. The maximum absolute atomic E-state index is 13.1. The van der Waals surface area contributed by atoms with Crippen molar-refractivity contribution >= 4 is 11.7 Å². The quantitative estimate of drug-likeness (QED) is 0.815. The number of ether oxygens (including phenoxy) is 1. The van der Waals surface area contributed by atoms with Gasteiger partial charge < -0.3 is 9.64 Å². The number of Topliss-reactive ketones (excluding diaryl/α,β-unsaturated/α-hetero) is 1. The normalized spacial score (nSPS) is 17.9. The first kappa shape index (κ1) is 17.5. The Balaban J connectivity index is 2.02. The SMILES string of the molecule is COc1ccnc(N2CCN(C(CC(C)=O)C(F)(F)F)CC2)n1. The monoisotopic (exact) mass is 332 g/mol. The third kappa shape index (κ3) is 4.54. The zero-order valence-electron chi connectivity index (χ0n) is 13.0. The van der Waals surface area contributed by atoms with E-state index in [1.807, 2.05) is 0 Å². The highest BCUT2D eigenvalue weighted by Gasteiger charge is 2.44. The Labute approximate surface area is 132 Å². The zero-order valence-corrected chi connectivity index (χ0v) is 13.0. The fourth-order valence-corrected chi connectivity index (χ4v) is 2.56. The van der Waals surface area contributed by atoms with Crippen molar-refractivity contribution in [1.82, 2.24) is 14.9 Å². The van der Waals surface area contributed by atoms with E-state index in [1.54, 1.807) is 17.2 Å². The molecule has 1 saturated heterocycles. The minimum atomic E-state index is -4.42. The third-order valence-corrected chi connectivity index (χ3v) is 3.72. The lowest BCUT2D eigenvalue weighted by molar-refractivity contribution is -0.187. The van der Waals surface area contributed by atoms with Crippen LogP contribution < -0.4 is 9.64 Å². The molecule has 0 aliphatic carbocycles. The average molecular weight is 332 g/mol. The van der Waals surface area contributed by atoms with Crippen molar-refractivity contribution in [3.8, 4) is 5.88 Å². The third-order valence-electron chi connectivity index (χ3n) is 3.72. The molecule has 1 unspecified atom stereocenters. The van der Waals surface area contributed by atoms with Crippen LogP contribution in [0.3, 0.4) is 0 Å². The Morgan fingerprint density at radius 1 is 1.35 bits per heavy atom. The second-order valence-corrected chi connectivity index (χ2v) is 5.39. The first-order valence-electron chi connectivity index (χ1n) is 7.23. The molecule has 0 spiro atoms. The van der Waals surface area contributed by atoms with Crippen LogP contribution >= 0.6 is 0 Å². The molecule has 0 bridgehead atoms. The maximum atomic E-state index is 13.1. The van der Waals surface area contributed by atoms with Crippen molar-refractivity contribution in [1.29, 1.82) is 0 Å². The number of nitrogens with zero attached hydrogens (tertiary/aromatic N) is 4. The maximum Gasteiger partial charge on any atom is 0.404 e. The molecule has 0 aromatic carbocycles. The van der Waals surface area contributed by atoms with Crippen LogP contribution in [-0.4, -0.2) is 66.2 Å². The van der Waals surface area contributed by atoms with Crippen molar-refractivity contribution in [3.05, 3.63) is 12.3 Å². The van der Waals surface area contributed by atoms with Crippen molar-refractivity contribution in [3.63, 3.8) is 0 Å². The molecule has 2 heterocycles. The number of hydrogen-bond acceptors (Lipinski definition) is 6. The number of piperazine rings is 1. The van der Waals surface area contributed by atoms with Crippen molar-refractivity contribution < 1.29 is 22.7 Å². The van der Waals surface area contributed by atoms with Crippen LogP contribution in [0.25, 0.3) is 0 Å². The highest BCUT2D eigenvalue weighted by atomic mass is 19.4. The van der Waals surface area contributed by atoms with Crippen LogP contribution in [0.1, 0.15) is 13.3 Å². The summed E-state index contributed by atoms with van der Waals surface area (Å²) in [4.78, 5) is 22.5. The molecule has 0 amide bonds. The molecule has 9 heteroatoms. The summed E-state index contributed by atoms with van der Waals surface area (Å²) in [6.07, 6.45) is -3.39. The van der Waals surface area contributed by atoms with Gasteiger partial charge >= 0.3 is 6.18 Å². The fourth-order valence-electron chi connectivity index (χ4n) is 2.56. The van der Waals surface area contributed by atoms with Gasteiger partial charge in [0.25, 0.3) is 0 Å². The van der Waals surface area contributed by atoms with E-state index in [0.717, 1.165) is 0 Å². The number of alkyl halides is 3. The molecule has 0 N–H and O–H groups in total. The van der Waals surface area contributed by atoms with Gasteiger partial charge in [-0.25, -0.2) is 4.98 Å². The van der Waals surface area contributed by atoms with E-state index >= 15 is 0 Å². The number of halogens is 3. The van der Waals surface area contributed by atoms with Crippen molar-refractivity contribution in [2.45, 2.75) is 25.6 Å². The number of carbonyl (C=O) groups excluding carboxylic acids is 1. The number of hydrogen-bond donors (Lipinski definition) is 0. The number of carbonyl (C=O) groups is 1. The summed E-state index contributed by atoms with van der Waals surface area (Å²) < 4.78 is 44.4. The van der Waals surface area contributed by atoms with E-state index in [0.29, 0.717) is 24.9 Å². The summed E-state index contributed by atoms with van der Waals surface area (Å²) in [5, 5.41) is 0. The number of methoxy groups -OCH3 is 1. The van der Waals surface area contributed by atoms with Crippen molar-refractivity contribution in [2.75, 3.05) is 38.2 Å². The molecule has 1 aliphatic rings. The van der Waals surface area contributed by atoms with Gasteiger partial charge in [0, 0.05) is 44.9 Å². The predicted octanol–water partition coefficient (Wildman–Crippen LogP) is 1.52. The summed E-state index contributed by atoms with van der Waals surface area (Å²) >= 11 is 0. The van der Waals surface area contributed by atoms with Gasteiger partial charge in [0.1, 0.15) is 11.8 Å². The van der Waals surface area contributed by atoms with E-state index in [9.17, 15) is 18.0 Å². The van der Waals surface area contributed by atoms with Gasteiger partial charge in [0.05, 0.1) is 7.11 Å². The number of anilines is 1. The summed E-state index contributed by atoms with van der Waals surface area (Å²) in [5.74, 6) is 0.368. The predicted molar refractivity (Wildman–Crippen MR) is 77.5 cm³/mol. The topological polar surface area (TPSA) is 58.6 Å². The van der Waals surface area contributed by atoms with Gasteiger partial charge in [-0.15, -0.1) is 0 Å². The van der Waals surface area contributed by atoms with E-state index in [4.69, 9.17) is 4.74 Å². The lowest BCUT2D eigenvalue weighted by Gasteiger charge is -2.39. The highest BCUT2D eigenvalue weighted by Crippen LogP contribution is 2.28. The molecule has 1 aromatic heterocycles.